The Bertz CT molecular complexity index is 4250. The number of hydrogen-bond acceptors (Lipinski definition) is 9. The Morgan fingerprint density at radius 2 is 0.792 bits per heavy atom. The predicted molar refractivity (Wildman–Crippen MR) is 541 cm³/mol. The minimum atomic E-state index is -0.366. The highest BCUT2D eigenvalue weighted by Gasteiger charge is 2.48. The molecule has 15 rings (SSSR count). The van der Waals surface area contributed by atoms with Gasteiger partial charge >= 0.3 is 0 Å². The first-order valence-corrected chi connectivity index (χ1v) is 53.2. The Balaban J connectivity index is 0.000000158. The van der Waals surface area contributed by atoms with Gasteiger partial charge in [-0.25, -0.2) is 0 Å². The molecule has 712 valence electrons. The van der Waals surface area contributed by atoms with Crippen LogP contribution in [-0.2, 0) is 24.4 Å². The van der Waals surface area contributed by atoms with E-state index in [0.29, 0.717) is 58.3 Å². The molecule has 2 bridgehead atoms. The summed E-state index contributed by atoms with van der Waals surface area (Å²) in [6, 6.07) is 64.7. The molecular weight excluding hydrogens is 1600 g/mol. The molecule has 0 N–H and O–H groups in total. The topological polar surface area (TPSA) is 90.9 Å². The Kier molecular flexibility index (Phi) is 41.4. The van der Waals surface area contributed by atoms with E-state index in [0.717, 1.165) is 119 Å². The highest BCUT2D eigenvalue weighted by atomic mass is 16.7. The van der Waals surface area contributed by atoms with Crippen molar-refractivity contribution in [3.05, 3.63) is 239 Å². The maximum absolute atomic E-state index is 12.7. The molecule has 0 aromatic heterocycles. The Labute approximate surface area is 790 Å². The smallest absolute Gasteiger partial charge is 0.200 e. The van der Waals surface area contributed by atoms with E-state index in [9.17, 15) is 4.79 Å². The molecule has 7 aromatic carbocycles. The lowest BCUT2D eigenvalue weighted by atomic mass is 9.60. The number of ketones is 1. The second kappa shape index (κ2) is 52.8. The van der Waals surface area contributed by atoms with Crippen molar-refractivity contribution in [2.75, 3.05) is 26.4 Å². The van der Waals surface area contributed by atoms with Gasteiger partial charge in [0.15, 0.2) is 24.7 Å². The van der Waals surface area contributed by atoms with Gasteiger partial charge in [-0.3, -0.25) is 4.79 Å². The molecule has 8 aliphatic rings. The lowest BCUT2D eigenvalue weighted by molar-refractivity contribution is -0.119. The van der Waals surface area contributed by atoms with E-state index in [2.05, 4.69) is 258 Å². The van der Waals surface area contributed by atoms with Crippen molar-refractivity contribution in [1.29, 1.82) is 0 Å². The van der Waals surface area contributed by atoms with Crippen LogP contribution in [0.1, 0.15) is 432 Å². The van der Waals surface area contributed by atoms with Crippen molar-refractivity contribution < 1.29 is 42.7 Å². The van der Waals surface area contributed by atoms with Crippen LogP contribution in [0.3, 0.4) is 0 Å². The zero-order valence-electron chi connectivity index (χ0n) is 83.3. The average Bonchev–Trinajstić information content (AvgIpc) is 1.63. The summed E-state index contributed by atoms with van der Waals surface area (Å²) in [5.41, 5.74) is 11.1. The highest BCUT2D eigenvalue weighted by Crippen LogP contribution is 2.56. The molecule has 9 nitrogen and oxygen atoms in total. The molecule has 7 fully saturated rings. The summed E-state index contributed by atoms with van der Waals surface area (Å²) in [6.45, 7) is 29.5. The third-order valence-electron chi connectivity index (χ3n) is 32.9. The number of carbonyl (C=O) groups is 1. The van der Waals surface area contributed by atoms with Gasteiger partial charge in [0, 0.05) is 43.6 Å². The van der Waals surface area contributed by atoms with Gasteiger partial charge < -0.3 is 37.9 Å². The van der Waals surface area contributed by atoms with Gasteiger partial charge in [0.2, 0.25) is 6.29 Å². The van der Waals surface area contributed by atoms with Crippen LogP contribution in [0.5, 0.6) is 23.0 Å². The van der Waals surface area contributed by atoms with Crippen molar-refractivity contribution in [3.63, 3.8) is 0 Å². The molecule has 11 atom stereocenters. The van der Waals surface area contributed by atoms with Crippen LogP contribution in [0, 0.1) is 45.8 Å². The minimum absolute atomic E-state index is 0.0524. The van der Waals surface area contributed by atoms with E-state index in [-0.39, 0.29) is 47.7 Å². The van der Waals surface area contributed by atoms with Gasteiger partial charge in [0.25, 0.3) is 0 Å². The van der Waals surface area contributed by atoms with Crippen molar-refractivity contribution >= 4 is 5.78 Å². The lowest BCUT2D eigenvalue weighted by Crippen LogP contribution is -2.39. The maximum Gasteiger partial charge on any atom is 0.200 e. The van der Waals surface area contributed by atoms with Crippen molar-refractivity contribution in [2.45, 2.75) is 413 Å². The number of benzene rings is 7. The van der Waals surface area contributed by atoms with Crippen molar-refractivity contribution in [3.8, 4) is 23.0 Å². The summed E-state index contributed by atoms with van der Waals surface area (Å²) in [4.78, 5) is 12.7. The molecule has 0 aliphatic heterocycles. The summed E-state index contributed by atoms with van der Waals surface area (Å²) >= 11 is 0. The highest BCUT2D eigenvalue weighted by molar-refractivity contribution is 5.97. The Hall–Kier alpha value is -7.01. The van der Waals surface area contributed by atoms with Gasteiger partial charge in [0.1, 0.15) is 23.0 Å². The first kappa shape index (κ1) is 102. The second-order valence-electron chi connectivity index (χ2n) is 42.4. The zero-order valence-corrected chi connectivity index (χ0v) is 83.3. The average molecular weight is 1770 g/mol. The van der Waals surface area contributed by atoms with Gasteiger partial charge in [0.05, 0.1) is 25.4 Å². The predicted octanol–water partition coefficient (Wildman–Crippen LogP) is 34.2. The van der Waals surface area contributed by atoms with Crippen molar-refractivity contribution in [1.82, 2.24) is 0 Å². The molecule has 0 saturated heterocycles. The fourth-order valence-electron chi connectivity index (χ4n) is 23.6. The third kappa shape index (κ3) is 30.8. The standard InChI is InChI=1S/C34H48O3.C34H40O2.C27H44O2.C26H42O2/c1-4-26(2)29-18-19-32(31(24-29)27(3)35)37-33(36-23-20-28-14-8-5-9-15-28)25-34(21-12-7-13-22-34)30-16-10-6-11-17-30;1-4-25(2)27-16-19-31(20-17-27)36-33(23-34(3)22-26-15-18-30(34)21-26)35-24-32(28-11-7-5-8-12-28)29-13-9-6-10-14-29;1-4-22(2)24-13-15-25(16-14-24)29-26(21-27(3)18-9-6-10-19-27)28-20-17-23-11-7-5-8-12-23;1-4-21(3)22-14-16-24(17-15-22)28-25(27-5-2)20-26(18-10-7-11-19-26)23-12-8-6-9-13-23/h6,10-11,16-19,24,26,28,33H,4-5,7-9,12-15,20-23,25H2,1-3H3;5-20,25-26,30,32-33H,4,21-24H2,1-3H3;13-16,22-23,26H,4-12,17-21H2,1-3H3;14-17,21,23,25H,4-13,18-20H2,1-3H3. The third-order valence-corrected chi connectivity index (χ3v) is 32.9. The number of hydrogen-bond donors (Lipinski definition) is 0. The number of ether oxygens (including phenoxy) is 8. The lowest BCUT2D eigenvalue weighted by Gasteiger charge is -2.47. The summed E-state index contributed by atoms with van der Waals surface area (Å²) in [5.74, 6) is 9.74. The van der Waals surface area contributed by atoms with Gasteiger partial charge in [-0.05, 0) is 274 Å². The molecule has 11 unspecified atom stereocenters. The largest absolute Gasteiger partial charge is 0.465 e. The van der Waals surface area contributed by atoms with Crippen LogP contribution < -0.4 is 18.9 Å². The normalized spacial score (nSPS) is 22.1. The van der Waals surface area contributed by atoms with Gasteiger partial charge in [-0.1, -0.05) is 356 Å². The van der Waals surface area contributed by atoms with Gasteiger partial charge in [-0.2, -0.15) is 0 Å². The summed E-state index contributed by atoms with van der Waals surface area (Å²) < 4.78 is 51.9. The molecular formula is C121H174O9. The van der Waals surface area contributed by atoms with Gasteiger partial charge in [-0.15, -0.1) is 0 Å². The van der Waals surface area contributed by atoms with Crippen molar-refractivity contribution in [2.24, 2.45) is 45.8 Å². The fraction of sp³-hybridized carbons (Fsp3) is 0.628. The first-order valence-electron chi connectivity index (χ1n) is 53.2. The Morgan fingerprint density at radius 1 is 0.385 bits per heavy atom. The summed E-state index contributed by atoms with van der Waals surface area (Å²) in [6.07, 6.45) is 57.8. The van der Waals surface area contributed by atoms with E-state index in [1.54, 1.807) is 6.92 Å². The number of rotatable bonds is 42. The summed E-state index contributed by atoms with van der Waals surface area (Å²) in [7, 11) is 0. The molecule has 0 radical (unpaired) electrons. The summed E-state index contributed by atoms with van der Waals surface area (Å²) in [5, 5.41) is 0. The van der Waals surface area contributed by atoms with E-state index >= 15 is 0 Å². The van der Waals surface area contributed by atoms with Crippen LogP contribution in [0.4, 0.5) is 0 Å². The van der Waals surface area contributed by atoms with Crippen LogP contribution in [0.25, 0.3) is 0 Å². The molecule has 8 aliphatic carbocycles. The molecule has 7 aromatic rings. The van der Waals surface area contributed by atoms with Crippen LogP contribution in [-0.4, -0.2) is 57.4 Å². The molecule has 0 amide bonds. The first-order chi connectivity index (χ1) is 63.3. The van der Waals surface area contributed by atoms with Crippen LogP contribution >= 0.6 is 0 Å². The van der Waals surface area contributed by atoms with E-state index in [4.69, 9.17) is 37.9 Å². The molecule has 130 heavy (non-hydrogen) atoms. The van der Waals surface area contributed by atoms with Crippen LogP contribution in [0.2, 0.25) is 0 Å². The van der Waals surface area contributed by atoms with E-state index in [1.165, 1.54) is 251 Å². The number of allylic oxidation sites excluding steroid dienone is 2. The number of carbonyl (C=O) groups excluding carboxylic acids is 1. The van der Waals surface area contributed by atoms with E-state index in [1.807, 2.05) is 12.1 Å². The molecule has 0 spiro atoms. The molecule has 7 saturated carbocycles. The molecule has 0 heterocycles. The Morgan fingerprint density at radius 3 is 1.23 bits per heavy atom. The monoisotopic (exact) mass is 1770 g/mol. The molecule has 9 heteroatoms. The SMILES string of the molecule is CCC(C)c1ccc(OC(CC2(C)CC3C=CC2C3)OCC(c2ccccc2)c2ccccc2)cc1.CCC(C)c1ccc(OC(CC2(C)CCCCC2)OCCC2CCCCC2)cc1.CCC(C)c1ccc(OC(CC2(c3ccccc3)CCCCC2)OCCC2CCCCC2)c(C(C)=O)c1.CCOC(CC1(C2CCCCC2)CCCCC1)Oc1ccc(C(C)CC)cc1. The minimum Gasteiger partial charge on any atom is -0.465 e. The number of fused-ring (bicyclic) bond motifs is 2. The van der Waals surface area contributed by atoms with E-state index < -0.39 is 0 Å². The fourth-order valence-corrected chi connectivity index (χ4v) is 23.6. The zero-order chi connectivity index (χ0) is 91.4. The second-order valence-corrected chi connectivity index (χ2v) is 42.4. The maximum atomic E-state index is 12.7. The van der Waals surface area contributed by atoms with Crippen LogP contribution in [0.15, 0.2) is 194 Å². The number of Topliss-reactive ketones (excluding diaryl/α,β-unsaturated/α-hetero) is 1. The quantitative estimate of drug-likeness (QED) is 0.0211.